The summed E-state index contributed by atoms with van der Waals surface area (Å²) in [5.41, 5.74) is 5.23. The van der Waals surface area contributed by atoms with E-state index in [2.05, 4.69) is 56.5 Å². The number of nitrogens with zero attached hydrogens (tertiary/aromatic N) is 4. The Kier molecular flexibility index (Phi) is 4.72. The molecule has 0 aliphatic heterocycles. The van der Waals surface area contributed by atoms with E-state index in [-0.39, 0.29) is 0 Å². The van der Waals surface area contributed by atoms with Crippen molar-refractivity contribution in [3.05, 3.63) is 66.0 Å². The van der Waals surface area contributed by atoms with Gasteiger partial charge in [0.05, 0.1) is 7.11 Å². The van der Waals surface area contributed by atoms with Gasteiger partial charge in [0.1, 0.15) is 5.75 Å². The smallest absolute Gasteiger partial charge is 0.231 e. The van der Waals surface area contributed by atoms with Crippen LogP contribution in [-0.4, -0.2) is 27.0 Å². The Bertz CT molecular complexity index is 1140. The fraction of sp³-hybridized carbons (Fsp3) is 0.143. The van der Waals surface area contributed by atoms with E-state index in [9.17, 15) is 0 Å². The third-order valence-electron chi connectivity index (χ3n) is 4.29. The lowest BCUT2D eigenvalue weighted by Crippen LogP contribution is -2.05. The molecule has 28 heavy (non-hydrogen) atoms. The number of benzene rings is 2. The summed E-state index contributed by atoms with van der Waals surface area (Å²) in [6, 6.07) is 13.8. The highest BCUT2D eigenvalue weighted by molar-refractivity contribution is 5.86. The highest BCUT2D eigenvalue weighted by Gasteiger charge is 2.12. The number of aryl methyl sites for hydroxylation is 2. The van der Waals surface area contributed by atoms with Gasteiger partial charge >= 0.3 is 0 Å². The lowest BCUT2D eigenvalue weighted by atomic mass is 10.1. The van der Waals surface area contributed by atoms with Crippen molar-refractivity contribution in [2.24, 2.45) is 0 Å². The lowest BCUT2D eigenvalue weighted by molar-refractivity contribution is 0.415. The molecule has 0 amide bonds. The van der Waals surface area contributed by atoms with Crippen molar-refractivity contribution in [3.63, 3.8) is 0 Å². The SMILES string of the molecule is COc1cccc(Nc2nc(Nc3ccc(C)cc3C)c3nccnc3n2)c1. The predicted octanol–water partition coefficient (Wildman–Crippen LogP) is 4.53. The van der Waals surface area contributed by atoms with Gasteiger partial charge in [-0.05, 0) is 37.6 Å². The Balaban J connectivity index is 1.74. The van der Waals surface area contributed by atoms with Crippen LogP contribution in [0.15, 0.2) is 54.9 Å². The van der Waals surface area contributed by atoms with Crippen LogP contribution in [0.5, 0.6) is 5.75 Å². The van der Waals surface area contributed by atoms with Crippen LogP contribution in [0.2, 0.25) is 0 Å². The standard InChI is InChI=1S/C21H20N6O/c1-13-7-8-17(14(2)11-13)25-20-18-19(23-10-9-22-18)26-21(27-20)24-15-5-4-6-16(12-15)28-3/h4-12H,1-3H3,(H2,23,24,25,26,27). The Morgan fingerprint density at radius 2 is 1.75 bits per heavy atom. The van der Waals surface area contributed by atoms with Crippen molar-refractivity contribution in [3.8, 4) is 5.75 Å². The van der Waals surface area contributed by atoms with Gasteiger partial charge in [-0.3, -0.25) is 0 Å². The number of ether oxygens (including phenoxy) is 1. The summed E-state index contributed by atoms with van der Waals surface area (Å²) in [6.45, 7) is 4.12. The van der Waals surface area contributed by atoms with Gasteiger partial charge in [-0.2, -0.15) is 9.97 Å². The number of aromatic nitrogens is 4. The van der Waals surface area contributed by atoms with Crippen LogP contribution in [0, 0.1) is 13.8 Å². The molecule has 0 unspecified atom stereocenters. The molecule has 0 aliphatic rings. The molecule has 0 saturated heterocycles. The highest BCUT2D eigenvalue weighted by Crippen LogP contribution is 2.26. The molecule has 0 atom stereocenters. The van der Waals surface area contributed by atoms with E-state index in [0.717, 1.165) is 22.7 Å². The Labute approximate surface area is 162 Å². The molecule has 7 nitrogen and oxygen atoms in total. The van der Waals surface area contributed by atoms with Gasteiger partial charge < -0.3 is 15.4 Å². The molecule has 140 valence electrons. The molecule has 0 fully saturated rings. The predicted molar refractivity (Wildman–Crippen MR) is 111 cm³/mol. The maximum Gasteiger partial charge on any atom is 0.231 e. The van der Waals surface area contributed by atoms with Gasteiger partial charge in [-0.15, -0.1) is 0 Å². The van der Waals surface area contributed by atoms with Gasteiger partial charge in [0.15, 0.2) is 17.0 Å². The van der Waals surface area contributed by atoms with Crippen LogP contribution in [0.25, 0.3) is 11.2 Å². The summed E-state index contributed by atoms with van der Waals surface area (Å²) in [7, 11) is 1.63. The van der Waals surface area contributed by atoms with Crippen molar-refractivity contribution in [2.75, 3.05) is 17.7 Å². The Morgan fingerprint density at radius 1 is 0.893 bits per heavy atom. The normalized spacial score (nSPS) is 10.7. The van der Waals surface area contributed by atoms with Crippen LogP contribution in [0.1, 0.15) is 11.1 Å². The molecular weight excluding hydrogens is 352 g/mol. The van der Waals surface area contributed by atoms with E-state index in [1.54, 1.807) is 19.5 Å². The van der Waals surface area contributed by atoms with Gasteiger partial charge in [-0.1, -0.05) is 23.8 Å². The summed E-state index contributed by atoms with van der Waals surface area (Å²) in [4.78, 5) is 17.9. The average molecular weight is 372 g/mol. The molecule has 0 radical (unpaired) electrons. The number of rotatable bonds is 5. The van der Waals surface area contributed by atoms with Gasteiger partial charge in [-0.25, -0.2) is 9.97 Å². The van der Waals surface area contributed by atoms with Crippen LogP contribution in [-0.2, 0) is 0 Å². The third kappa shape index (κ3) is 3.68. The molecule has 7 heteroatoms. The zero-order valence-corrected chi connectivity index (χ0v) is 15.9. The van der Waals surface area contributed by atoms with Crippen molar-refractivity contribution in [1.82, 2.24) is 19.9 Å². The second kappa shape index (κ2) is 7.48. The summed E-state index contributed by atoms with van der Waals surface area (Å²) in [5.74, 6) is 1.77. The highest BCUT2D eigenvalue weighted by atomic mass is 16.5. The van der Waals surface area contributed by atoms with Gasteiger partial charge in [0.25, 0.3) is 0 Å². The Hall–Kier alpha value is -3.74. The molecule has 2 N–H and O–H groups in total. The van der Waals surface area contributed by atoms with E-state index in [4.69, 9.17) is 4.74 Å². The van der Waals surface area contributed by atoms with Crippen LogP contribution in [0.3, 0.4) is 0 Å². The largest absolute Gasteiger partial charge is 0.497 e. The summed E-state index contributed by atoms with van der Waals surface area (Å²) in [5, 5.41) is 6.58. The summed E-state index contributed by atoms with van der Waals surface area (Å²) >= 11 is 0. The molecule has 0 aliphatic carbocycles. The second-order valence-corrected chi connectivity index (χ2v) is 6.42. The third-order valence-corrected chi connectivity index (χ3v) is 4.29. The molecular formula is C21H20N6O. The van der Waals surface area contributed by atoms with Crippen LogP contribution < -0.4 is 15.4 Å². The molecule has 0 saturated carbocycles. The number of nitrogens with one attached hydrogen (secondary N) is 2. The fourth-order valence-electron chi connectivity index (χ4n) is 2.92. The van der Waals surface area contributed by atoms with Gasteiger partial charge in [0, 0.05) is 29.8 Å². The topological polar surface area (TPSA) is 84.9 Å². The van der Waals surface area contributed by atoms with E-state index in [1.165, 1.54) is 5.56 Å². The number of anilines is 4. The second-order valence-electron chi connectivity index (χ2n) is 6.42. The fourth-order valence-corrected chi connectivity index (χ4v) is 2.92. The Morgan fingerprint density at radius 3 is 2.57 bits per heavy atom. The van der Waals surface area contributed by atoms with Crippen LogP contribution >= 0.6 is 0 Å². The van der Waals surface area contributed by atoms with E-state index >= 15 is 0 Å². The zero-order valence-electron chi connectivity index (χ0n) is 15.9. The van der Waals surface area contributed by atoms with Crippen molar-refractivity contribution < 1.29 is 4.74 Å². The first-order chi connectivity index (χ1) is 13.6. The molecule has 0 spiro atoms. The quantitative estimate of drug-likeness (QED) is 0.532. The minimum Gasteiger partial charge on any atom is -0.497 e. The zero-order chi connectivity index (χ0) is 19.5. The molecule has 2 aromatic carbocycles. The molecule has 2 aromatic heterocycles. The number of hydrogen-bond donors (Lipinski definition) is 2. The summed E-state index contributed by atoms with van der Waals surface area (Å²) < 4.78 is 5.27. The first kappa shape index (κ1) is 17.7. The van der Waals surface area contributed by atoms with Crippen molar-refractivity contribution in [1.29, 1.82) is 0 Å². The first-order valence-electron chi connectivity index (χ1n) is 8.86. The number of hydrogen-bond acceptors (Lipinski definition) is 7. The lowest BCUT2D eigenvalue weighted by Gasteiger charge is -2.13. The van der Waals surface area contributed by atoms with Crippen LogP contribution in [0.4, 0.5) is 23.1 Å². The van der Waals surface area contributed by atoms with Crippen molar-refractivity contribution >= 4 is 34.3 Å². The summed E-state index contributed by atoms with van der Waals surface area (Å²) in [6.07, 6.45) is 3.25. The van der Waals surface area contributed by atoms with E-state index < -0.39 is 0 Å². The molecule has 4 aromatic rings. The van der Waals surface area contributed by atoms with Gasteiger partial charge in [0.2, 0.25) is 5.95 Å². The average Bonchev–Trinajstić information content (AvgIpc) is 2.70. The van der Waals surface area contributed by atoms with E-state index in [0.29, 0.717) is 22.9 Å². The molecule has 4 rings (SSSR count). The molecule has 2 heterocycles. The monoisotopic (exact) mass is 372 g/mol. The van der Waals surface area contributed by atoms with E-state index in [1.807, 2.05) is 30.3 Å². The minimum atomic E-state index is 0.425. The maximum atomic E-state index is 5.27. The number of methoxy groups -OCH3 is 1. The minimum absolute atomic E-state index is 0.425. The van der Waals surface area contributed by atoms with Crippen molar-refractivity contribution in [2.45, 2.75) is 13.8 Å². The first-order valence-corrected chi connectivity index (χ1v) is 8.86. The molecule has 0 bridgehead atoms. The number of fused-ring (bicyclic) bond motifs is 1. The maximum absolute atomic E-state index is 5.27.